The Hall–Kier alpha value is -1.22. The summed E-state index contributed by atoms with van der Waals surface area (Å²) in [4.78, 5) is 0. The summed E-state index contributed by atoms with van der Waals surface area (Å²) in [5.74, 6) is 0.905. The van der Waals surface area contributed by atoms with Crippen LogP contribution in [0.5, 0.6) is 5.75 Å². The van der Waals surface area contributed by atoms with Gasteiger partial charge in [-0.25, -0.2) is 0 Å². The highest BCUT2D eigenvalue weighted by molar-refractivity contribution is 5.48. The van der Waals surface area contributed by atoms with Crippen LogP contribution in [0.15, 0.2) is 24.3 Å². The van der Waals surface area contributed by atoms with Gasteiger partial charge < -0.3 is 14.8 Å². The molecule has 16 heavy (non-hydrogen) atoms. The summed E-state index contributed by atoms with van der Waals surface area (Å²) in [7, 11) is 0. The fourth-order valence-electron chi connectivity index (χ4n) is 1.38. The van der Waals surface area contributed by atoms with Crippen LogP contribution in [-0.2, 0) is 4.74 Å². The maximum atomic E-state index is 5.42. The molecule has 0 aromatic heterocycles. The molecule has 0 unspecified atom stereocenters. The van der Waals surface area contributed by atoms with E-state index in [-0.39, 0.29) is 0 Å². The molecule has 90 valence electrons. The molecule has 0 radical (unpaired) electrons. The van der Waals surface area contributed by atoms with Crippen LogP contribution in [0, 0.1) is 0 Å². The molecule has 0 bridgehead atoms. The van der Waals surface area contributed by atoms with Crippen LogP contribution in [0.1, 0.15) is 20.3 Å². The second-order valence-corrected chi connectivity index (χ2v) is 3.50. The SMILES string of the molecule is CCCOCCNc1cccc(OCC)c1. The first-order valence-corrected chi connectivity index (χ1v) is 5.91. The molecule has 1 N–H and O–H groups in total. The molecule has 0 spiro atoms. The molecule has 0 saturated heterocycles. The van der Waals surface area contributed by atoms with Gasteiger partial charge in [0.25, 0.3) is 0 Å². The summed E-state index contributed by atoms with van der Waals surface area (Å²) in [5, 5.41) is 3.30. The van der Waals surface area contributed by atoms with E-state index in [1.807, 2.05) is 31.2 Å². The maximum Gasteiger partial charge on any atom is 0.121 e. The van der Waals surface area contributed by atoms with Gasteiger partial charge in [-0.3, -0.25) is 0 Å². The zero-order chi connectivity index (χ0) is 11.6. The van der Waals surface area contributed by atoms with Gasteiger partial charge in [0, 0.05) is 24.9 Å². The zero-order valence-corrected chi connectivity index (χ0v) is 10.2. The van der Waals surface area contributed by atoms with Gasteiger partial charge in [0.2, 0.25) is 0 Å². The van der Waals surface area contributed by atoms with E-state index in [9.17, 15) is 0 Å². The molecule has 0 aliphatic carbocycles. The monoisotopic (exact) mass is 223 g/mol. The average molecular weight is 223 g/mol. The summed E-state index contributed by atoms with van der Waals surface area (Å²) in [6.45, 7) is 7.20. The Kier molecular flexibility index (Phi) is 6.42. The summed E-state index contributed by atoms with van der Waals surface area (Å²) in [6, 6.07) is 7.98. The van der Waals surface area contributed by atoms with E-state index in [0.29, 0.717) is 6.61 Å². The zero-order valence-electron chi connectivity index (χ0n) is 10.2. The minimum Gasteiger partial charge on any atom is -0.494 e. The van der Waals surface area contributed by atoms with Gasteiger partial charge >= 0.3 is 0 Å². The van der Waals surface area contributed by atoms with Crippen molar-refractivity contribution in [1.82, 2.24) is 0 Å². The largest absolute Gasteiger partial charge is 0.494 e. The van der Waals surface area contributed by atoms with Gasteiger partial charge in [0.1, 0.15) is 5.75 Å². The number of ether oxygens (including phenoxy) is 2. The Balaban J connectivity index is 2.27. The van der Waals surface area contributed by atoms with Crippen LogP contribution in [0.25, 0.3) is 0 Å². The third-order valence-corrected chi connectivity index (χ3v) is 2.07. The lowest BCUT2D eigenvalue weighted by Crippen LogP contribution is -2.09. The number of benzene rings is 1. The molecular formula is C13H21NO2. The Morgan fingerprint density at radius 3 is 2.81 bits per heavy atom. The predicted octanol–water partition coefficient (Wildman–Crippen LogP) is 2.92. The van der Waals surface area contributed by atoms with Crippen molar-refractivity contribution in [2.75, 3.05) is 31.7 Å². The minimum absolute atomic E-state index is 0.697. The van der Waals surface area contributed by atoms with Gasteiger partial charge in [-0.15, -0.1) is 0 Å². The number of rotatable bonds is 8. The van der Waals surface area contributed by atoms with E-state index in [1.54, 1.807) is 0 Å². The molecule has 3 nitrogen and oxygen atoms in total. The number of anilines is 1. The average Bonchev–Trinajstić information content (AvgIpc) is 2.30. The van der Waals surface area contributed by atoms with Crippen LogP contribution in [-0.4, -0.2) is 26.4 Å². The van der Waals surface area contributed by atoms with Gasteiger partial charge in [0.15, 0.2) is 0 Å². The highest BCUT2D eigenvalue weighted by atomic mass is 16.5. The molecule has 1 aromatic rings. The Bertz CT molecular complexity index is 289. The summed E-state index contributed by atoms with van der Waals surface area (Å²) < 4.78 is 10.8. The van der Waals surface area contributed by atoms with Crippen molar-refractivity contribution in [2.45, 2.75) is 20.3 Å². The van der Waals surface area contributed by atoms with Crippen LogP contribution < -0.4 is 10.1 Å². The van der Waals surface area contributed by atoms with Crippen molar-refractivity contribution in [3.63, 3.8) is 0 Å². The fraction of sp³-hybridized carbons (Fsp3) is 0.538. The van der Waals surface area contributed by atoms with Crippen molar-refractivity contribution < 1.29 is 9.47 Å². The van der Waals surface area contributed by atoms with Gasteiger partial charge in [-0.1, -0.05) is 13.0 Å². The summed E-state index contributed by atoms with van der Waals surface area (Å²) in [5.41, 5.74) is 1.08. The fourth-order valence-corrected chi connectivity index (χ4v) is 1.38. The molecule has 1 aromatic carbocycles. The van der Waals surface area contributed by atoms with Crippen molar-refractivity contribution in [3.8, 4) is 5.75 Å². The molecule has 0 fully saturated rings. The van der Waals surface area contributed by atoms with E-state index in [4.69, 9.17) is 9.47 Å². The van der Waals surface area contributed by atoms with Gasteiger partial charge in [-0.2, -0.15) is 0 Å². The second kappa shape index (κ2) is 7.99. The third kappa shape index (κ3) is 5.03. The quantitative estimate of drug-likeness (QED) is 0.687. The van der Waals surface area contributed by atoms with Crippen molar-refractivity contribution in [3.05, 3.63) is 24.3 Å². The predicted molar refractivity (Wildman–Crippen MR) is 67.2 cm³/mol. The molecule has 0 aliphatic rings. The van der Waals surface area contributed by atoms with Crippen molar-refractivity contribution in [1.29, 1.82) is 0 Å². The topological polar surface area (TPSA) is 30.5 Å². The van der Waals surface area contributed by atoms with Crippen LogP contribution in [0.3, 0.4) is 0 Å². The normalized spacial score (nSPS) is 10.1. The number of nitrogens with one attached hydrogen (secondary N) is 1. The lowest BCUT2D eigenvalue weighted by molar-refractivity contribution is 0.144. The number of hydrogen-bond acceptors (Lipinski definition) is 3. The smallest absolute Gasteiger partial charge is 0.121 e. The first-order valence-electron chi connectivity index (χ1n) is 5.91. The molecule has 0 atom stereocenters. The first-order chi connectivity index (χ1) is 7.86. The van der Waals surface area contributed by atoms with Crippen LogP contribution in [0.2, 0.25) is 0 Å². The van der Waals surface area contributed by atoms with E-state index in [2.05, 4.69) is 12.2 Å². The van der Waals surface area contributed by atoms with Gasteiger partial charge in [-0.05, 0) is 25.5 Å². The van der Waals surface area contributed by atoms with Crippen molar-refractivity contribution in [2.24, 2.45) is 0 Å². The molecule has 0 aliphatic heterocycles. The lowest BCUT2D eigenvalue weighted by Gasteiger charge is -2.09. The highest BCUT2D eigenvalue weighted by Crippen LogP contribution is 2.16. The minimum atomic E-state index is 0.697. The molecule has 0 heterocycles. The molecular weight excluding hydrogens is 202 g/mol. The second-order valence-electron chi connectivity index (χ2n) is 3.50. The first kappa shape index (κ1) is 12.8. The Morgan fingerprint density at radius 2 is 2.06 bits per heavy atom. The third-order valence-electron chi connectivity index (χ3n) is 2.07. The molecule has 3 heteroatoms. The van der Waals surface area contributed by atoms with Crippen LogP contribution >= 0.6 is 0 Å². The standard InChI is InChI=1S/C13H21NO2/c1-3-9-15-10-8-14-12-6-5-7-13(11-12)16-4-2/h5-7,11,14H,3-4,8-10H2,1-2H3. The lowest BCUT2D eigenvalue weighted by atomic mass is 10.3. The molecule has 0 amide bonds. The molecule has 0 saturated carbocycles. The summed E-state index contributed by atoms with van der Waals surface area (Å²) in [6.07, 6.45) is 1.07. The van der Waals surface area contributed by atoms with Gasteiger partial charge in [0.05, 0.1) is 13.2 Å². The summed E-state index contributed by atoms with van der Waals surface area (Å²) >= 11 is 0. The van der Waals surface area contributed by atoms with E-state index in [0.717, 1.165) is 37.6 Å². The Labute approximate surface area is 97.8 Å². The molecule has 1 rings (SSSR count). The maximum absolute atomic E-state index is 5.42. The number of hydrogen-bond donors (Lipinski definition) is 1. The highest BCUT2D eigenvalue weighted by Gasteiger charge is 1.95. The van der Waals surface area contributed by atoms with E-state index < -0.39 is 0 Å². The van der Waals surface area contributed by atoms with E-state index >= 15 is 0 Å². The Morgan fingerprint density at radius 1 is 1.19 bits per heavy atom. The van der Waals surface area contributed by atoms with Crippen LogP contribution in [0.4, 0.5) is 5.69 Å². The van der Waals surface area contributed by atoms with E-state index in [1.165, 1.54) is 0 Å². The van der Waals surface area contributed by atoms with Crippen molar-refractivity contribution >= 4 is 5.69 Å².